The zero-order valence-electron chi connectivity index (χ0n) is 7.47. The summed E-state index contributed by atoms with van der Waals surface area (Å²) in [5.74, 6) is -0.939. The minimum atomic E-state index is -0.939. The normalized spacial score (nSPS) is 10.3. The van der Waals surface area contributed by atoms with Gasteiger partial charge in [0.2, 0.25) is 0 Å². The lowest BCUT2D eigenvalue weighted by Crippen LogP contribution is -2.08. The number of hydrogen-bond acceptors (Lipinski definition) is 2. The second kappa shape index (κ2) is 6.55. The lowest BCUT2D eigenvalue weighted by Gasteiger charge is -2.08. The smallest absolute Gasteiger partial charge is 0.329 e. The molecule has 0 bridgehead atoms. The summed E-state index contributed by atoms with van der Waals surface area (Å²) < 4.78 is 8.45. The molecule has 0 aliphatic carbocycles. The van der Waals surface area contributed by atoms with E-state index in [0.29, 0.717) is 6.61 Å². The van der Waals surface area contributed by atoms with Crippen LogP contribution in [0.5, 0.6) is 0 Å². The SMILES string of the molecule is O=C(O)COCc1c(I)cc(I)cc1I. The Morgan fingerprint density at radius 3 is 2.27 bits per heavy atom. The molecule has 0 unspecified atom stereocenters. The average molecular weight is 544 g/mol. The molecule has 0 spiro atoms. The summed E-state index contributed by atoms with van der Waals surface area (Å²) in [6.07, 6.45) is 0. The number of halogens is 3. The Morgan fingerprint density at radius 1 is 1.27 bits per heavy atom. The molecule has 0 heterocycles. The maximum absolute atomic E-state index is 10.3. The van der Waals surface area contributed by atoms with Crippen molar-refractivity contribution in [2.24, 2.45) is 0 Å². The van der Waals surface area contributed by atoms with Gasteiger partial charge in [0, 0.05) is 16.3 Å². The Hall–Kier alpha value is 0.840. The number of hydrogen-bond donors (Lipinski definition) is 1. The van der Waals surface area contributed by atoms with Crippen molar-refractivity contribution in [2.45, 2.75) is 6.61 Å². The van der Waals surface area contributed by atoms with Crippen molar-refractivity contribution in [3.8, 4) is 0 Å². The molecule has 0 aliphatic rings. The largest absolute Gasteiger partial charge is 0.480 e. The van der Waals surface area contributed by atoms with E-state index >= 15 is 0 Å². The molecule has 0 aliphatic heterocycles. The van der Waals surface area contributed by atoms with Gasteiger partial charge in [-0.15, -0.1) is 0 Å². The van der Waals surface area contributed by atoms with Crippen LogP contribution in [0.15, 0.2) is 12.1 Å². The predicted molar refractivity (Wildman–Crippen MR) is 81.9 cm³/mol. The van der Waals surface area contributed by atoms with Crippen molar-refractivity contribution in [2.75, 3.05) is 6.61 Å². The average Bonchev–Trinajstić information content (AvgIpc) is 2.08. The van der Waals surface area contributed by atoms with Crippen molar-refractivity contribution >= 4 is 73.7 Å². The van der Waals surface area contributed by atoms with Gasteiger partial charge in [-0.1, -0.05) is 0 Å². The maximum atomic E-state index is 10.3. The topological polar surface area (TPSA) is 46.5 Å². The Balaban J connectivity index is 2.72. The Kier molecular flexibility index (Phi) is 6.07. The van der Waals surface area contributed by atoms with Crippen molar-refractivity contribution in [3.05, 3.63) is 28.4 Å². The zero-order chi connectivity index (χ0) is 11.4. The minimum Gasteiger partial charge on any atom is -0.480 e. The molecule has 1 rings (SSSR count). The standard InChI is InChI=1S/C9H7I3O3/c10-5-1-7(11)6(8(12)2-5)3-15-4-9(13)14/h1-2H,3-4H2,(H,13,14). The molecule has 0 amide bonds. The van der Waals surface area contributed by atoms with E-state index in [9.17, 15) is 4.79 Å². The van der Waals surface area contributed by atoms with Gasteiger partial charge in [-0.05, 0) is 79.9 Å². The second-order valence-corrected chi connectivity index (χ2v) is 6.30. The molecule has 0 aromatic heterocycles. The summed E-state index contributed by atoms with van der Waals surface area (Å²) in [6.45, 7) is 0.0952. The lowest BCUT2D eigenvalue weighted by molar-refractivity contribution is -0.142. The first-order valence-electron chi connectivity index (χ1n) is 3.93. The van der Waals surface area contributed by atoms with E-state index in [2.05, 4.69) is 67.8 Å². The fraction of sp³-hybridized carbons (Fsp3) is 0.222. The van der Waals surface area contributed by atoms with Gasteiger partial charge in [0.1, 0.15) is 6.61 Å². The first-order valence-corrected chi connectivity index (χ1v) is 7.17. The van der Waals surface area contributed by atoms with Crippen LogP contribution >= 0.6 is 67.8 Å². The number of aliphatic carboxylic acids is 1. The highest BCUT2D eigenvalue weighted by molar-refractivity contribution is 14.1. The number of carbonyl (C=O) groups is 1. The fourth-order valence-corrected chi connectivity index (χ4v) is 4.84. The van der Waals surface area contributed by atoms with Crippen molar-refractivity contribution in [1.29, 1.82) is 0 Å². The van der Waals surface area contributed by atoms with Crippen molar-refractivity contribution in [3.63, 3.8) is 0 Å². The highest BCUT2D eigenvalue weighted by Gasteiger charge is 2.07. The zero-order valence-corrected chi connectivity index (χ0v) is 13.9. The van der Waals surface area contributed by atoms with Crippen molar-refractivity contribution in [1.82, 2.24) is 0 Å². The molecule has 3 nitrogen and oxygen atoms in total. The van der Waals surface area contributed by atoms with Crippen LogP contribution in [0.3, 0.4) is 0 Å². The minimum absolute atomic E-state index is 0.252. The van der Waals surface area contributed by atoms with Crippen LogP contribution in [-0.2, 0) is 16.1 Å². The summed E-state index contributed by atoms with van der Waals surface area (Å²) >= 11 is 6.71. The van der Waals surface area contributed by atoms with E-state index < -0.39 is 5.97 Å². The Morgan fingerprint density at radius 2 is 1.80 bits per heavy atom. The van der Waals surface area contributed by atoms with Gasteiger partial charge in [0.15, 0.2) is 0 Å². The van der Waals surface area contributed by atoms with Crippen LogP contribution in [0.4, 0.5) is 0 Å². The number of ether oxygens (including phenoxy) is 1. The second-order valence-electron chi connectivity index (χ2n) is 2.73. The molecular formula is C9H7I3O3. The van der Waals surface area contributed by atoms with E-state index in [0.717, 1.165) is 12.7 Å². The predicted octanol–water partition coefficient (Wildman–Crippen LogP) is 3.10. The van der Waals surface area contributed by atoms with Gasteiger partial charge in [-0.2, -0.15) is 0 Å². The van der Waals surface area contributed by atoms with E-state index in [4.69, 9.17) is 9.84 Å². The Labute approximate surface area is 128 Å². The van der Waals surface area contributed by atoms with E-state index in [1.807, 2.05) is 12.1 Å². The molecule has 0 radical (unpaired) electrons. The first-order chi connectivity index (χ1) is 7.00. The number of carboxylic acid groups (broad SMARTS) is 1. The van der Waals surface area contributed by atoms with Crippen molar-refractivity contribution < 1.29 is 14.6 Å². The van der Waals surface area contributed by atoms with Gasteiger partial charge in [-0.3, -0.25) is 0 Å². The highest BCUT2D eigenvalue weighted by Crippen LogP contribution is 2.23. The van der Waals surface area contributed by atoms with E-state index in [1.165, 1.54) is 3.57 Å². The van der Waals surface area contributed by atoms with Gasteiger partial charge in [0.05, 0.1) is 6.61 Å². The summed E-state index contributed by atoms with van der Waals surface area (Å²) in [4.78, 5) is 10.3. The van der Waals surface area contributed by atoms with Crippen LogP contribution in [0.2, 0.25) is 0 Å². The van der Waals surface area contributed by atoms with Crippen LogP contribution in [0.25, 0.3) is 0 Å². The third-order valence-corrected chi connectivity index (χ3v) is 4.13. The summed E-state index contributed by atoms with van der Waals surface area (Å²) in [7, 11) is 0. The van der Waals surface area contributed by atoms with Crippen LogP contribution in [0.1, 0.15) is 5.56 Å². The van der Waals surface area contributed by atoms with Crippen LogP contribution in [-0.4, -0.2) is 17.7 Å². The van der Waals surface area contributed by atoms with Crippen LogP contribution < -0.4 is 0 Å². The number of benzene rings is 1. The lowest BCUT2D eigenvalue weighted by atomic mass is 10.2. The summed E-state index contributed by atoms with van der Waals surface area (Å²) in [5, 5.41) is 8.44. The molecular weight excluding hydrogens is 537 g/mol. The maximum Gasteiger partial charge on any atom is 0.329 e. The first kappa shape index (κ1) is 13.9. The fourth-order valence-electron chi connectivity index (χ4n) is 0.950. The summed E-state index contributed by atoms with van der Waals surface area (Å²) in [5.41, 5.74) is 1.05. The molecule has 82 valence electrons. The molecule has 0 saturated heterocycles. The third-order valence-electron chi connectivity index (χ3n) is 1.58. The molecule has 15 heavy (non-hydrogen) atoms. The van der Waals surface area contributed by atoms with E-state index in [1.54, 1.807) is 0 Å². The van der Waals surface area contributed by atoms with Gasteiger partial charge in [0.25, 0.3) is 0 Å². The monoisotopic (exact) mass is 544 g/mol. The molecule has 0 saturated carbocycles. The van der Waals surface area contributed by atoms with Gasteiger partial charge < -0.3 is 9.84 Å². The van der Waals surface area contributed by atoms with E-state index in [-0.39, 0.29) is 6.61 Å². The summed E-state index contributed by atoms with van der Waals surface area (Å²) in [6, 6.07) is 4.09. The Bertz CT molecular complexity index is 356. The molecule has 0 fully saturated rings. The molecule has 1 N–H and O–H groups in total. The highest BCUT2D eigenvalue weighted by atomic mass is 127. The molecule has 1 aromatic rings. The number of carboxylic acids is 1. The quantitative estimate of drug-likeness (QED) is 0.594. The third kappa shape index (κ3) is 4.69. The molecule has 6 heteroatoms. The number of rotatable bonds is 4. The van der Waals surface area contributed by atoms with Gasteiger partial charge >= 0.3 is 5.97 Å². The van der Waals surface area contributed by atoms with Gasteiger partial charge in [-0.25, -0.2) is 4.79 Å². The molecule has 0 atom stereocenters. The van der Waals surface area contributed by atoms with Crippen LogP contribution in [0, 0.1) is 10.7 Å². The molecule has 1 aromatic carbocycles.